The molecule has 0 saturated carbocycles. The summed E-state index contributed by atoms with van der Waals surface area (Å²) in [4.78, 5) is 3.68. The van der Waals surface area contributed by atoms with Gasteiger partial charge in [0.25, 0.3) is 0 Å². The van der Waals surface area contributed by atoms with E-state index < -0.39 is 0 Å². The molecular formula is C59H39NOS. The number of allylic oxidation sites excluding steroid dienone is 1. The maximum atomic E-state index is 6.89. The predicted molar refractivity (Wildman–Crippen MR) is 269 cm³/mol. The van der Waals surface area contributed by atoms with Crippen molar-refractivity contribution >= 4 is 116 Å². The maximum Gasteiger partial charge on any atom is 0.143 e. The van der Waals surface area contributed by atoms with Crippen LogP contribution in [0.1, 0.15) is 17.4 Å². The molecule has 62 heavy (non-hydrogen) atoms. The largest absolute Gasteiger partial charge is 0.455 e. The van der Waals surface area contributed by atoms with Crippen LogP contribution in [0.2, 0.25) is 0 Å². The molecule has 0 bridgehead atoms. The van der Waals surface area contributed by atoms with Crippen molar-refractivity contribution < 1.29 is 4.42 Å². The number of hydrogen-bond acceptors (Lipinski definition) is 3. The smallest absolute Gasteiger partial charge is 0.143 e. The lowest BCUT2D eigenvalue weighted by Gasteiger charge is -2.30. The number of para-hydroxylation sites is 1. The van der Waals surface area contributed by atoms with E-state index in [9.17, 15) is 0 Å². The Morgan fingerprint density at radius 3 is 1.77 bits per heavy atom. The first-order valence-electron chi connectivity index (χ1n) is 21.2. The molecule has 2 nitrogen and oxygen atoms in total. The normalized spacial score (nSPS) is 12.0. The molecule has 0 aliphatic heterocycles. The third kappa shape index (κ3) is 5.56. The monoisotopic (exact) mass is 809 g/mol. The van der Waals surface area contributed by atoms with Crippen molar-refractivity contribution in [3.63, 3.8) is 0 Å². The van der Waals surface area contributed by atoms with Crippen molar-refractivity contribution in [2.45, 2.75) is 6.92 Å². The molecule has 12 rings (SSSR count). The Bertz CT molecular complexity index is 3800. The minimum Gasteiger partial charge on any atom is -0.455 e. The zero-order valence-corrected chi connectivity index (χ0v) is 34.9. The van der Waals surface area contributed by atoms with Gasteiger partial charge in [0.2, 0.25) is 0 Å². The van der Waals surface area contributed by atoms with Crippen molar-refractivity contribution in [1.29, 1.82) is 0 Å². The lowest BCUT2D eigenvalue weighted by molar-refractivity contribution is 0.674. The average molecular weight is 810 g/mol. The number of nitrogens with zero attached hydrogens (tertiary/aromatic N) is 1. The summed E-state index contributed by atoms with van der Waals surface area (Å²) < 4.78 is 8.16. The second-order valence-corrected chi connectivity index (χ2v) is 17.0. The van der Waals surface area contributed by atoms with E-state index in [1.165, 1.54) is 58.6 Å². The summed E-state index contributed by atoms with van der Waals surface area (Å²) in [5, 5.41) is 12.9. The highest BCUT2D eigenvalue weighted by atomic mass is 32.1. The van der Waals surface area contributed by atoms with Crippen LogP contribution in [-0.4, -0.2) is 0 Å². The summed E-state index contributed by atoms with van der Waals surface area (Å²) in [5.41, 5.74) is 11.0. The van der Waals surface area contributed by atoms with Crippen LogP contribution in [-0.2, 0) is 0 Å². The molecule has 3 heteroatoms. The number of fused-ring (bicyclic) bond motifs is 9. The minimum atomic E-state index is 0.906. The van der Waals surface area contributed by atoms with E-state index in [0.29, 0.717) is 0 Å². The molecule has 0 aliphatic rings. The molecule has 0 radical (unpaired) electrons. The molecule has 0 aliphatic carbocycles. The molecule has 0 N–H and O–H groups in total. The van der Waals surface area contributed by atoms with Gasteiger partial charge in [0.1, 0.15) is 11.2 Å². The standard InChI is InChI=1S/C59H39NOS/c1-3-15-48-52-36-39(29-35-57(52)62-56(48)4-2)40-31-33-54(46-23-11-9-21-43(40)46)60(53-27-13-18-37-16-5-7-19-41(37)53)55-34-32-45(44-22-10-12-24-47(44)55)49-25-14-26-50-51-30-28-38-17-6-8-20-42(38)58(51)61-59(49)50/h3-36H,2H2,1H3/b15-3-. The molecule has 10 aromatic carbocycles. The van der Waals surface area contributed by atoms with Crippen molar-refractivity contribution in [2.75, 3.05) is 4.90 Å². The summed E-state index contributed by atoms with van der Waals surface area (Å²) in [6, 6.07) is 68.6. The first kappa shape index (κ1) is 36.2. The Morgan fingerprint density at radius 2 is 1.03 bits per heavy atom. The Morgan fingerprint density at radius 1 is 0.452 bits per heavy atom. The van der Waals surface area contributed by atoms with Crippen LogP contribution in [0.15, 0.2) is 205 Å². The maximum absolute atomic E-state index is 6.89. The Kier molecular flexibility index (Phi) is 8.45. The minimum absolute atomic E-state index is 0.906. The van der Waals surface area contributed by atoms with E-state index in [0.717, 1.165) is 66.3 Å². The summed E-state index contributed by atoms with van der Waals surface area (Å²) >= 11 is 1.79. The highest BCUT2D eigenvalue weighted by Gasteiger charge is 2.23. The Balaban J connectivity index is 1.10. The molecule has 0 fully saturated rings. The van der Waals surface area contributed by atoms with Gasteiger partial charge in [0.15, 0.2) is 0 Å². The summed E-state index contributed by atoms with van der Waals surface area (Å²) in [6.45, 7) is 6.20. The molecular weight excluding hydrogens is 771 g/mol. The number of hydrogen-bond donors (Lipinski definition) is 0. The Hall–Kier alpha value is -7.72. The van der Waals surface area contributed by atoms with Crippen molar-refractivity contribution in [2.24, 2.45) is 0 Å². The molecule has 0 spiro atoms. The van der Waals surface area contributed by atoms with Crippen LogP contribution in [0.4, 0.5) is 17.1 Å². The lowest BCUT2D eigenvalue weighted by atomic mass is 9.93. The van der Waals surface area contributed by atoms with Crippen LogP contribution in [0.25, 0.3) is 110 Å². The second kappa shape index (κ2) is 14.5. The van der Waals surface area contributed by atoms with E-state index in [4.69, 9.17) is 4.42 Å². The average Bonchev–Trinajstić information content (AvgIpc) is 3.90. The molecule has 2 aromatic heterocycles. The molecule has 0 atom stereocenters. The predicted octanol–water partition coefficient (Wildman–Crippen LogP) is 17.9. The number of furan rings is 1. The SMILES string of the molecule is C=Cc1sc2ccc(-c3ccc(N(c4cccc5ccccc45)c4ccc(-c5cccc6c5oc5c7ccccc7ccc65)c5ccccc45)c4ccccc34)cc2c1/C=C\C. The zero-order valence-electron chi connectivity index (χ0n) is 34.1. The Labute approximate surface area is 363 Å². The zero-order chi connectivity index (χ0) is 41.3. The van der Waals surface area contributed by atoms with E-state index in [2.05, 4.69) is 219 Å². The number of thiophene rings is 1. The van der Waals surface area contributed by atoms with Crippen LogP contribution in [0.5, 0.6) is 0 Å². The number of rotatable bonds is 7. The first-order valence-corrected chi connectivity index (χ1v) is 22.0. The topological polar surface area (TPSA) is 16.4 Å². The number of benzene rings is 10. The van der Waals surface area contributed by atoms with Gasteiger partial charge in [-0.05, 0) is 87.1 Å². The molecule has 2 heterocycles. The molecule has 0 amide bonds. The quantitative estimate of drug-likeness (QED) is 0.159. The molecule has 0 saturated heterocycles. The van der Waals surface area contributed by atoms with Crippen molar-refractivity contribution in [3.8, 4) is 22.3 Å². The van der Waals surface area contributed by atoms with Gasteiger partial charge < -0.3 is 9.32 Å². The van der Waals surface area contributed by atoms with Crippen molar-refractivity contribution in [1.82, 2.24) is 0 Å². The van der Waals surface area contributed by atoms with E-state index in [1.807, 2.05) is 6.08 Å². The van der Waals surface area contributed by atoms with Gasteiger partial charge in [-0.25, -0.2) is 0 Å². The second-order valence-electron chi connectivity index (χ2n) is 15.9. The van der Waals surface area contributed by atoms with Crippen LogP contribution in [0, 0.1) is 0 Å². The van der Waals surface area contributed by atoms with E-state index in [-0.39, 0.29) is 0 Å². The highest BCUT2D eigenvalue weighted by Crippen LogP contribution is 2.49. The first-order chi connectivity index (χ1) is 30.7. The summed E-state index contributed by atoms with van der Waals surface area (Å²) in [5.74, 6) is 0. The van der Waals surface area contributed by atoms with Crippen molar-refractivity contribution in [3.05, 3.63) is 211 Å². The molecule has 12 aromatic rings. The third-order valence-corrected chi connectivity index (χ3v) is 13.7. The molecule has 292 valence electrons. The van der Waals surface area contributed by atoms with Gasteiger partial charge in [-0.15, -0.1) is 11.3 Å². The van der Waals surface area contributed by atoms with Gasteiger partial charge in [0, 0.05) is 52.8 Å². The summed E-state index contributed by atoms with van der Waals surface area (Å²) in [7, 11) is 0. The van der Waals surface area contributed by atoms with Crippen LogP contribution < -0.4 is 4.90 Å². The fourth-order valence-electron chi connectivity index (χ4n) is 9.77. The van der Waals surface area contributed by atoms with Gasteiger partial charge in [-0.2, -0.15) is 0 Å². The summed E-state index contributed by atoms with van der Waals surface area (Å²) in [6.07, 6.45) is 6.30. The van der Waals surface area contributed by atoms with Crippen LogP contribution >= 0.6 is 11.3 Å². The lowest BCUT2D eigenvalue weighted by Crippen LogP contribution is -2.12. The van der Waals surface area contributed by atoms with Crippen LogP contribution in [0.3, 0.4) is 0 Å². The number of anilines is 3. The fourth-order valence-corrected chi connectivity index (χ4v) is 10.8. The van der Waals surface area contributed by atoms with Gasteiger partial charge in [-0.1, -0.05) is 176 Å². The van der Waals surface area contributed by atoms with Gasteiger partial charge in [0.05, 0.1) is 17.1 Å². The highest BCUT2D eigenvalue weighted by molar-refractivity contribution is 7.20. The van der Waals surface area contributed by atoms with E-state index >= 15 is 0 Å². The van der Waals surface area contributed by atoms with Gasteiger partial charge >= 0.3 is 0 Å². The fraction of sp³-hybridized carbons (Fsp3) is 0.0169. The van der Waals surface area contributed by atoms with E-state index in [1.54, 1.807) is 11.3 Å². The third-order valence-electron chi connectivity index (χ3n) is 12.6. The molecule has 0 unspecified atom stereocenters. The van der Waals surface area contributed by atoms with Gasteiger partial charge in [-0.3, -0.25) is 0 Å².